The first kappa shape index (κ1) is 43.2. The number of nitrogens with one attached hydrogen (secondary N) is 1. The van der Waals surface area contributed by atoms with E-state index in [2.05, 4.69) is 96.3 Å². The first-order valence-corrected chi connectivity index (χ1v) is 24.2. The molecule has 4 aliphatic rings. The molecule has 4 aromatic carbocycles. The van der Waals surface area contributed by atoms with Gasteiger partial charge in [-0.2, -0.15) is 0 Å². The second-order valence-electron chi connectivity index (χ2n) is 20.6. The standard InChI is InChI=1S/C57H62N4O4/c1-57(2,3)65-56(64)59-33-47-25-26-48(37-13-14-37)52(61-47)54(62)38-15-8-36(9-16-38)42-20-21-44-30-45(23-22-43(44)29-42)50-31-51(50)49-27-24-46(32-58)60-53(49)55(63)39-17-10-35(11-18-39)41-19-12-34-6-4-5-7-40(34)28-41/h4-7,12,19-30,35-39,50-51H,8-11,13-18,31-33,58H2,1-3H3,(H,59,64). The van der Waals surface area contributed by atoms with Crippen molar-refractivity contribution in [3.05, 3.63) is 154 Å². The lowest BCUT2D eigenvalue weighted by Gasteiger charge is -2.28. The van der Waals surface area contributed by atoms with Crippen molar-refractivity contribution in [2.45, 2.75) is 140 Å². The molecule has 6 aromatic rings. The van der Waals surface area contributed by atoms with Crippen molar-refractivity contribution >= 4 is 39.2 Å². The van der Waals surface area contributed by atoms with Gasteiger partial charge in [0.2, 0.25) is 0 Å². The number of alkyl carbamates (subject to hydrolysis) is 1. The Labute approximate surface area is 383 Å². The van der Waals surface area contributed by atoms with Gasteiger partial charge in [0, 0.05) is 18.4 Å². The summed E-state index contributed by atoms with van der Waals surface area (Å²) in [7, 11) is 0. The molecule has 0 saturated heterocycles. The zero-order valence-electron chi connectivity index (χ0n) is 38.2. The van der Waals surface area contributed by atoms with Crippen molar-refractivity contribution in [2.75, 3.05) is 0 Å². The lowest BCUT2D eigenvalue weighted by molar-refractivity contribution is 0.0522. The molecular formula is C57H62N4O4. The molecule has 3 N–H and O–H groups in total. The summed E-state index contributed by atoms with van der Waals surface area (Å²) in [6.07, 6.45) is 10.1. The van der Waals surface area contributed by atoms with Gasteiger partial charge in [0.25, 0.3) is 0 Å². The molecule has 8 heteroatoms. The van der Waals surface area contributed by atoms with E-state index in [4.69, 9.17) is 20.4 Å². The molecule has 1 amide bonds. The van der Waals surface area contributed by atoms with Gasteiger partial charge in [-0.05, 0) is 182 Å². The Morgan fingerprint density at radius 2 is 1.06 bits per heavy atom. The van der Waals surface area contributed by atoms with Crippen LogP contribution in [0.3, 0.4) is 0 Å². The second-order valence-corrected chi connectivity index (χ2v) is 20.6. The summed E-state index contributed by atoms with van der Waals surface area (Å²) in [4.78, 5) is 50.5. The average molecular weight is 867 g/mol. The lowest BCUT2D eigenvalue weighted by Crippen LogP contribution is -2.32. The summed E-state index contributed by atoms with van der Waals surface area (Å²) in [5.74, 6) is 2.19. The molecule has 65 heavy (non-hydrogen) atoms. The maximum absolute atomic E-state index is 14.3. The topological polar surface area (TPSA) is 124 Å². The van der Waals surface area contributed by atoms with Gasteiger partial charge in [-0.25, -0.2) is 14.8 Å². The summed E-state index contributed by atoms with van der Waals surface area (Å²) in [6.45, 7) is 6.04. The molecule has 0 aliphatic heterocycles. The Bertz CT molecular complexity index is 2770. The number of nitrogens with two attached hydrogens (primary N) is 1. The molecule has 4 fully saturated rings. The number of ether oxygens (including phenoxy) is 1. The third kappa shape index (κ3) is 9.51. The third-order valence-electron chi connectivity index (χ3n) is 14.9. The van der Waals surface area contributed by atoms with E-state index in [1.807, 2.05) is 32.9 Å². The van der Waals surface area contributed by atoms with E-state index in [1.54, 1.807) is 0 Å². The number of fused-ring (bicyclic) bond motifs is 2. The number of pyridine rings is 2. The third-order valence-corrected chi connectivity index (χ3v) is 14.9. The normalized spacial score (nSPS) is 23.3. The Balaban J connectivity index is 0.771. The van der Waals surface area contributed by atoms with Gasteiger partial charge in [-0.1, -0.05) is 91.0 Å². The van der Waals surface area contributed by atoms with Crippen LogP contribution in [-0.2, 0) is 17.8 Å². The predicted molar refractivity (Wildman–Crippen MR) is 257 cm³/mol. The summed E-state index contributed by atoms with van der Waals surface area (Å²) in [5, 5.41) is 7.82. The summed E-state index contributed by atoms with van der Waals surface area (Å²) in [5.41, 5.74) is 14.4. The first-order chi connectivity index (χ1) is 31.5. The van der Waals surface area contributed by atoms with E-state index in [0.29, 0.717) is 47.3 Å². The van der Waals surface area contributed by atoms with Crippen LogP contribution in [0.5, 0.6) is 0 Å². The van der Waals surface area contributed by atoms with Crippen LogP contribution in [0.25, 0.3) is 21.5 Å². The van der Waals surface area contributed by atoms with Crippen LogP contribution in [0.15, 0.2) is 103 Å². The van der Waals surface area contributed by atoms with Gasteiger partial charge >= 0.3 is 6.09 Å². The fourth-order valence-electron chi connectivity index (χ4n) is 11.0. The molecule has 10 rings (SSSR count). The Kier molecular flexibility index (Phi) is 11.9. The monoisotopic (exact) mass is 866 g/mol. The van der Waals surface area contributed by atoms with Crippen LogP contribution in [0.2, 0.25) is 0 Å². The highest BCUT2D eigenvalue weighted by Gasteiger charge is 2.43. The van der Waals surface area contributed by atoms with Crippen LogP contribution in [-0.4, -0.2) is 33.2 Å². The van der Waals surface area contributed by atoms with Crippen LogP contribution < -0.4 is 11.1 Å². The van der Waals surface area contributed by atoms with Crippen molar-refractivity contribution < 1.29 is 19.1 Å². The Hall–Kier alpha value is -5.73. The molecule has 2 unspecified atom stereocenters. The average Bonchev–Trinajstić information content (AvgIpc) is 4.28. The summed E-state index contributed by atoms with van der Waals surface area (Å²) < 4.78 is 5.40. The number of hydrogen-bond donors (Lipinski definition) is 2. The van der Waals surface area contributed by atoms with E-state index in [0.717, 1.165) is 87.4 Å². The number of hydrogen-bond acceptors (Lipinski definition) is 7. The summed E-state index contributed by atoms with van der Waals surface area (Å²) >= 11 is 0. The molecule has 0 bridgehead atoms. The highest BCUT2D eigenvalue weighted by molar-refractivity contribution is 5.98. The van der Waals surface area contributed by atoms with E-state index >= 15 is 0 Å². The predicted octanol–water partition coefficient (Wildman–Crippen LogP) is 12.7. The molecule has 334 valence electrons. The fourth-order valence-corrected chi connectivity index (χ4v) is 11.0. The molecular weight excluding hydrogens is 805 g/mol. The van der Waals surface area contributed by atoms with Crippen molar-refractivity contribution in [3.8, 4) is 0 Å². The number of carbonyl (C=O) groups excluding carboxylic acids is 3. The second kappa shape index (κ2) is 17.9. The highest BCUT2D eigenvalue weighted by atomic mass is 16.6. The molecule has 4 aliphatic carbocycles. The van der Waals surface area contributed by atoms with Crippen molar-refractivity contribution in [3.63, 3.8) is 0 Å². The van der Waals surface area contributed by atoms with Gasteiger partial charge in [0.15, 0.2) is 11.6 Å². The van der Waals surface area contributed by atoms with E-state index in [-0.39, 0.29) is 35.9 Å². The molecule has 2 heterocycles. The smallest absolute Gasteiger partial charge is 0.407 e. The van der Waals surface area contributed by atoms with E-state index in [1.165, 1.54) is 38.2 Å². The number of nitrogens with zero attached hydrogens (tertiary/aromatic N) is 2. The maximum atomic E-state index is 14.3. The molecule has 0 spiro atoms. The number of aromatic nitrogens is 2. The van der Waals surface area contributed by atoms with Crippen molar-refractivity contribution in [2.24, 2.45) is 17.6 Å². The fraction of sp³-hybridized carbons (Fsp3) is 0.421. The number of amides is 1. The zero-order chi connectivity index (χ0) is 44.8. The van der Waals surface area contributed by atoms with Gasteiger partial charge < -0.3 is 15.8 Å². The highest BCUT2D eigenvalue weighted by Crippen LogP contribution is 2.56. The van der Waals surface area contributed by atoms with Gasteiger partial charge in [0.05, 0.1) is 17.9 Å². The minimum atomic E-state index is -0.586. The minimum absolute atomic E-state index is 0.0101. The largest absolute Gasteiger partial charge is 0.444 e. The van der Waals surface area contributed by atoms with Crippen LogP contribution in [0, 0.1) is 11.8 Å². The Morgan fingerprint density at radius 1 is 0.569 bits per heavy atom. The first-order valence-electron chi connectivity index (χ1n) is 24.2. The molecule has 8 nitrogen and oxygen atoms in total. The van der Waals surface area contributed by atoms with Crippen LogP contribution in [0.1, 0.15) is 181 Å². The van der Waals surface area contributed by atoms with Gasteiger partial charge in [-0.3, -0.25) is 9.59 Å². The van der Waals surface area contributed by atoms with E-state index < -0.39 is 11.7 Å². The van der Waals surface area contributed by atoms with E-state index in [9.17, 15) is 14.4 Å². The quantitative estimate of drug-likeness (QED) is 0.117. The molecule has 2 atom stereocenters. The Morgan fingerprint density at radius 3 is 1.66 bits per heavy atom. The number of carbonyl (C=O) groups is 3. The summed E-state index contributed by atoms with van der Waals surface area (Å²) in [6, 6.07) is 37.3. The molecule has 2 aromatic heterocycles. The number of rotatable bonds is 12. The van der Waals surface area contributed by atoms with Crippen LogP contribution >= 0.6 is 0 Å². The lowest BCUT2D eigenvalue weighted by atomic mass is 9.76. The maximum Gasteiger partial charge on any atom is 0.407 e. The minimum Gasteiger partial charge on any atom is -0.444 e. The number of ketones is 2. The molecule has 4 saturated carbocycles. The zero-order valence-corrected chi connectivity index (χ0v) is 38.2. The van der Waals surface area contributed by atoms with Gasteiger partial charge in [-0.15, -0.1) is 0 Å². The number of Topliss-reactive ketones (excluding diaryl/α,β-unsaturated/α-hetero) is 2. The molecule has 0 radical (unpaired) electrons. The van der Waals surface area contributed by atoms with Crippen molar-refractivity contribution in [1.82, 2.24) is 15.3 Å². The van der Waals surface area contributed by atoms with Gasteiger partial charge in [0.1, 0.15) is 17.0 Å². The van der Waals surface area contributed by atoms with Crippen LogP contribution in [0.4, 0.5) is 4.79 Å². The number of benzene rings is 4. The SMILES string of the molecule is CC(C)(C)OC(=O)NCc1ccc(C2CC2)c(C(=O)C2CCC(c3ccc4cc(C5CC5c5ccc(CN)nc5C(=O)C5CCC(c6ccc7ccccc7c6)CC5)ccc4c3)CC2)n1. The van der Waals surface area contributed by atoms with Crippen molar-refractivity contribution in [1.29, 1.82) is 0 Å².